The van der Waals surface area contributed by atoms with E-state index in [9.17, 15) is 9.90 Å². The smallest absolute Gasteiger partial charge is 0.336 e. The average Bonchev–Trinajstić information content (AvgIpc) is 2.54. The Morgan fingerprint density at radius 2 is 2.21 bits per heavy atom. The predicted octanol–water partition coefficient (Wildman–Crippen LogP) is 2.57. The summed E-state index contributed by atoms with van der Waals surface area (Å²) in [4.78, 5) is 13.8. The Bertz CT molecular complexity index is 755. The van der Waals surface area contributed by atoms with Crippen LogP contribution in [0.3, 0.4) is 0 Å². The molecule has 1 aliphatic heterocycles. The number of aliphatic hydroxyl groups excluding tert-OH is 1. The second-order valence-electron chi connectivity index (χ2n) is 6.66. The van der Waals surface area contributed by atoms with Gasteiger partial charge in [0.25, 0.3) is 0 Å². The van der Waals surface area contributed by atoms with Crippen LogP contribution in [0, 0.1) is 12.8 Å². The molecular weight excluding hydrogens is 306 g/mol. The number of piperidine rings is 1. The Morgan fingerprint density at radius 3 is 3.00 bits per heavy atom. The topological polar surface area (TPSA) is 62.9 Å². The molecule has 0 bridgehead atoms. The van der Waals surface area contributed by atoms with E-state index in [-0.39, 0.29) is 18.3 Å². The van der Waals surface area contributed by atoms with Crippen molar-refractivity contribution in [3.05, 3.63) is 40.2 Å². The van der Waals surface area contributed by atoms with Crippen LogP contribution in [0.25, 0.3) is 11.0 Å². The molecule has 2 aromatic rings. The van der Waals surface area contributed by atoms with E-state index in [2.05, 4.69) is 11.8 Å². The van der Waals surface area contributed by atoms with Gasteiger partial charge in [-0.25, -0.2) is 4.79 Å². The highest BCUT2D eigenvalue weighted by Crippen LogP contribution is 2.24. The fourth-order valence-electron chi connectivity index (χ4n) is 3.58. The number of fused-ring (bicyclic) bond motifs is 1. The van der Waals surface area contributed by atoms with Gasteiger partial charge in [0, 0.05) is 30.1 Å². The molecule has 2 atom stereocenters. The van der Waals surface area contributed by atoms with Crippen molar-refractivity contribution in [1.29, 1.82) is 0 Å². The summed E-state index contributed by atoms with van der Waals surface area (Å²) in [6.07, 6.45) is 2.34. The number of aryl methyl sites for hydroxylation is 1. The molecule has 1 aromatic carbocycles. The van der Waals surface area contributed by atoms with Gasteiger partial charge in [0.1, 0.15) is 17.9 Å². The summed E-state index contributed by atoms with van der Waals surface area (Å²) < 4.78 is 11.1. The zero-order valence-corrected chi connectivity index (χ0v) is 14.3. The average molecular weight is 331 g/mol. The molecular formula is C19H25NO4. The molecule has 1 saturated heterocycles. The van der Waals surface area contributed by atoms with Gasteiger partial charge in [0.15, 0.2) is 0 Å². The largest absolute Gasteiger partial charge is 0.492 e. The minimum Gasteiger partial charge on any atom is -0.492 e. The van der Waals surface area contributed by atoms with Crippen molar-refractivity contribution >= 4 is 11.0 Å². The van der Waals surface area contributed by atoms with Gasteiger partial charge in [0.2, 0.25) is 0 Å². The first-order valence-electron chi connectivity index (χ1n) is 8.60. The highest BCUT2D eigenvalue weighted by atomic mass is 16.5. The zero-order chi connectivity index (χ0) is 17.1. The third kappa shape index (κ3) is 3.62. The first kappa shape index (κ1) is 17.0. The van der Waals surface area contributed by atoms with Crippen LogP contribution in [0.2, 0.25) is 0 Å². The molecule has 3 rings (SSSR count). The summed E-state index contributed by atoms with van der Waals surface area (Å²) in [6, 6.07) is 7.31. The maximum atomic E-state index is 11.5. The van der Waals surface area contributed by atoms with Gasteiger partial charge in [-0.15, -0.1) is 0 Å². The molecule has 24 heavy (non-hydrogen) atoms. The maximum Gasteiger partial charge on any atom is 0.336 e. The number of likely N-dealkylation sites (tertiary alicyclic amines) is 1. The lowest BCUT2D eigenvalue weighted by Gasteiger charge is -2.38. The fraction of sp³-hybridized carbons (Fsp3) is 0.526. The molecule has 2 heterocycles. The first-order valence-corrected chi connectivity index (χ1v) is 8.60. The number of ether oxygens (including phenoxy) is 1. The minimum atomic E-state index is -0.342. The second-order valence-corrected chi connectivity index (χ2v) is 6.66. The fourth-order valence-corrected chi connectivity index (χ4v) is 3.58. The Morgan fingerprint density at radius 1 is 1.38 bits per heavy atom. The van der Waals surface area contributed by atoms with E-state index < -0.39 is 0 Å². The van der Waals surface area contributed by atoms with E-state index in [1.807, 2.05) is 19.1 Å². The van der Waals surface area contributed by atoms with Crippen LogP contribution in [0.1, 0.15) is 25.3 Å². The van der Waals surface area contributed by atoms with Crippen molar-refractivity contribution in [2.24, 2.45) is 5.92 Å². The van der Waals surface area contributed by atoms with Crippen LogP contribution < -0.4 is 10.4 Å². The number of nitrogens with zero attached hydrogens (tertiary/aromatic N) is 1. The Hall–Kier alpha value is -1.85. The SMILES string of the molecule is Cc1cc(=O)oc2cc(OCCN3CCCC(C)C3CO)ccc12. The van der Waals surface area contributed by atoms with Crippen molar-refractivity contribution in [3.8, 4) is 5.75 Å². The number of hydrogen-bond acceptors (Lipinski definition) is 5. The van der Waals surface area contributed by atoms with Crippen LogP contribution in [0.5, 0.6) is 5.75 Å². The van der Waals surface area contributed by atoms with Gasteiger partial charge >= 0.3 is 5.63 Å². The Balaban J connectivity index is 1.64. The molecule has 2 unspecified atom stereocenters. The lowest BCUT2D eigenvalue weighted by molar-refractivity contribution is 0.0435. The third-order valence-electron chi connectivity index (χ3n) is 4.99. The standard InChI is InChI=1S/C19H25NO4/c1-13-4-3-7-20(17(13)12-21)8-9-23-15-5-6-16-14(2)10-19(22)24-18(16)11-15/h5-6,10-11,13,17,21H,3-4,7-9,12H2,1-2H3. The minimum absolute atomic E-state index is 0.196. The summed E-state index contributed by atoms with van der Waals surface area (Å²) in [6.45, 7) is 6.62. The quantitative estimate of drug-likeness (QED) is 0.853. The van der Waals surface area contributed by atoms with E-state index in [1.165, 1.54) is 12.5 Å². The monoisotopic (exact) mass is 331 g/mol. The van der Waals surface area contributed by atoms with E-state index >= 15 is 0 Å². The van der Waals surface area contributed by atoms with Gasteiger partial charge in [-0.2, -0.15) is 0 Å². The lowest BCUT2D eigenvalue weighted by Crippen LogP contribution is -2.48. The normalized spacial score (nSPS) is 22.0. The highest BCUT2D eigenvalue weighted by Gasteiger charge is 2.27. The molecule has 1 N–H and O–H groups in total. The molecule has 5 heteroatoms. The van der Waals surface area contributed by atoms with E-state index in [1.54, 1.807) is 6.07 Å². The van der Waals surface area contributed by atoms with E-state index in [4.69, 9.17) is 9.15 Å². The Labute approximate surface area is 141 Å². The summed E-state index contributed by atoms with van der Waals surface area (Å²) in [5, 5.41) is 10.5. The molecule has 0 amide bonds. The third-order valence-corrected chi connectivity index (χ3v) is 4.99. The molecule has 5 nitrogen and oxygen atoms in total. The van der Waals surface area contributed by atoms with Gasteiger partial charge in [-0.05, 0) is 49.9 Å². The lowest BCUT2D eigenvalue weighted by atomic mass is 9.91. The number of hydrogen-bond donors (Lipinski definition) is 1. The summed E-state index contributed by atoms with van der Waals surface area (Å²) in [5.41, 5.74) is 1.11. The van der Waals surface area contributed by atoms with Gasteiger partial charge in [0.05, 0.1) is 6.61 Å². The molecule has 130 valence electrons. The van der Waals surface area contributed by atoms with Gasteiger partial charge in [-0.3, -0.25) is 4.90 Å². The first-order chi connectivity index (χ1) is 11.6. The van der Waals surface area contributed by atoms with Gasteiger partial charge in [-0.1, -0.05) is 6.92 Å². The molecule has 0 radical (unpaired) electrons. The van der Waals surface area contributed by atoms with Crippen molar-refractivity contribution in [2.75, 3.05) is 26.3 Å². The number of benzene rings is 1. The number of aliphatic hydroxyl groups is 1. The summed E-state index contributed by atoms with van der Waals surface area (Å²) in [5.74, 6) is 1.21. The molecule has 1 aliphatic rings. The molecule has 0 saturated carbocycles. The van der Waals surface area contributed by atoms with Crippen LogP contribution >= 0.6 is 0 Å². The van der Waals surface area contributed by atoms with Crippen molar-refractivity contribution in [1.82, 2.24) is 4.90 Å². The summed E-state index contributed by atoms with van der Waals surface area (Å²) in [7, 11) is 0. The predicted molar refractivity (Wildman–Crippen MR) is 93.6 cm³/mol. The maximum absolute atomic E-state index is 11.5. The summed E-state index contributed by atoms with van der Waals surface area (Å²) >= 11 is 0. The second kappa shape index (κ2) is 7.36. The number of rotatable bonds is 5. The Kier molecular flexibility index (Phi) is 5.21. The van der Waals surface area contributed by atoms with E-state index in [0.717, 1.165) is 30.5 Å². The highest BCUT2D eigenvalue weighted by molar-refractivity contribution is 5.81. The van der Waals surface area contributed by atoms with Crippen LogP contribution in [-0.4, -0.2) is 42.4 Å². The van der Waals surface area contributed by atoms with Crippen molar-refractivity contribution < 1.29 is 14.3 Å². The van der Waals surface area contributed by atoms with Crippen LogP contribution in [-0.2, 0) is 0 Å². The molecule has 1 fully saturated rings. The van der Waals surface area contributed by atoms with Crippen molar-refractivity contribution in [2.45, 2.75) is 32.7 Å². The zero-order valence-electron chi connectivity index (χ0n) is 14.3. The van der Waals surface area contributed by atoms with Gasteiger partial charge < -0.3 is 14.3 Å². The molecule has 0 aliphatic carbocycles. The van der Waals surface area contributed by atoms with E-state index in [0.29, 0.717) is 23.9 Å². The van der Waals surface area contributed by atoms with Crippen molar-refractivity contribution in [3.63, 3.8) is 0 Å². The van der Waals surface area contributed by atoms with Crippen LogP contribution in [0.15, 0.2) is 33.5 Å². The molecule has 1 aromatic heterocycles. The van der Waals surface area contributed by atoms with Crippen LogP contribution in [0.4, 0.5) is 0 Å². The molecule has 0 spiro atoms.